The fourth-order valence-corrected chi connectivity index (χ4v) is 3.28. The third kappa shape index (κ3) is 9.43. The lowest BCUT2D eigenvalue weighted by Gasteiger charge is -2.11. The van der Waals surface area contributed by atoms with Crippen LogP contribution in [0.15, 0.2) is 4.99 Å². The largest absolute Gasteiger partial charge is 0.466 e. The Hall–Kier alpha value is -1.63. The highest BCUT2D eigenvalue weighted by Gasteiger charge is 2.04. The zero-order valence-corrected chi connectivity index (χ0v) is 16.8. The molecule has 0 aliphatic rings. The number of ether oxygens (including phenoxy) is 1. The first-order chi connectivity index (χ1) is 12.1. The molecule has 0 bridgehead atoms. The summed E-state index contributed by atoms with van der Waals surface area (Å²) in [5.74, 6) is 0.743. The smallest absolute Gasteiger partial charge is 0.305 e. The second kappa shape index (κ2) is 12.7. The maximum atomic E-state index is 11.2. The van der Waals surface area contributed by atoms with Gasteiger partial charge >= 0.3 is 5.97 Å². The molecule has 1 rings (SSSR count). The Morgan fingerprint density at radius 3 is 2.52 bits per heavy atom. The fraction of sp³-hybridized carbons (Fsp3) is 0.722. The average Bonchev–Trinajstić information content (AvgIpc) is 2.90. The molecule has 0 saturated carbocycles. The van der Waals surface area contributed by atoms with Gasteiger partial charge in [-0.2, -0.15) is 0 Å². The van der Waals surface area contributed by atoms with Crippen LogP contribution >= 0.6 is 11.3 Å². The zero-order chi connectivity index (χ0) is 18.5. The van der Waals surface area contributed by atoms with Gasteiger partial charge in [0.25, 0.3) is 0 Å². The van der Waals surface area contributed by atoms with Crippen LogP contribution in [0.5, 0.6) is 0 Å². The van der Waals surface area contributed by atoms with E-state index in [1.165, 1.54) is 9.88 Å². The molecule has 1 aromatic rings. The summed E-state index contributed by atoms with van der Waals surface area (Å²) in [6.45, 7) is 8.17. The van der Waals surface area contributed by atoms with Crippen molar-refractivity contribution in [3.8, 4) is 0 Å². The van der Waals surface area contributed by atoms with Crippen LogP contribution < -0.4 is 10.6 Å². The number of carbonyl (C=O) groups excluding carboxylic acids is 1. The lowest BCUT2D eigenvalue weighted by molar-refractivity contribution is -0.143. The number of hydrogen-bond acceptors (Lipinski definition) is 5. The van der Waals surface area contributed by atoms with Gasteiger partial charge in [0.1, 0.15) is 0 Å². The molecule has 0 unspecified atom stereocenters. The minimum atomic E-state index is -0.0872. The van der Waals surface area contributed by atoms with Crippen molar-refractivity contribution < 1.29 is 9.53 Å². The maximum absolute atomic E-state index is 11.2. The van der Waals surface area contributed by atoms with Gasteiger partial charge in [-0.05, 0) is 33.6 Å². The van der Waals surface area contributed by atoms with Gasteiger partial charge < -0.3 is 15.4 Å². The molecular formula is C18H32N4O2S. The first-order valence-electron chi connectivity index (χ1n) is 9.09. The van der Waals surface area contributed by atoms with E-state index in [1.807, 2.05) is 6.92 Å². The third-order valence-corrected chi connectivity index (χ3v) is 4.97. The van der Waals surface area contributed by atoms with Gasteiger partial charge in [-0.25, -0.2) is 4.98 Å². The predicted molar refractivity (Wildman–Crippen MR) is 104 cm³/mol. The molecule has 1 aromatic heterocycles. The number of aryl methyl sites for hydroxylation is 2. The molecule has 7 heteroatoms. The minimum Gasteiger partial charge on any atom is -0.466 e. The topological polar surface area (TPSA) is 75.6 Å². The highest BCUT2D eigenvalue weighted by atomic mass is 32.1. The molecule has 0 atom stereocenters. The minimum absolute atomic E-state index is 0.0872. The molecule has 0 aliphatic carbocycles. The number of rotatable bonds is 11. The van der Waals surface area contributed by atoms with Gasteiger partial charge in [-0.15, -0.1) is 11.3 Å². The van der Waals surface area contributed by atoms with E-state index in [9.17, 15) is 4.79 Å². The second-order valence-corrected chi connectivity index (χ2v) is 7.18. The van der Waals surface area contributed by atoms with Crippen LogP contribution in [0.2, 0.25) is 0 Å². The van der Waals surface area contributed by atoms with Crippen molar-refractivity contribution in [2.24, 2.45) is 4.99 Å². The van der Waals surface area contributed by atoms with Crippen LogP contribution in [0, 0.1) is 13.8 Å². The van der Waals surface area contributed by atoms with Crippen LogP contribution in [0.25, 0.3) is 0 Å². The number of aromatic nitrogens is 1. The molecule has 2 N–H and O–H groups in total. The standard InChI is InChI=1S/C18H32N4O2S/c1-5-24-17(23)10-8-6-7-9-12-20-18(19-4)21-13-11-16-22-14(2)15(3)25-16/h5-13H2,1-4H3,(H2,19,20,21). The Morgan fingerprint density at radius 1 is 1.16 bits per heavy atom. The number of unbranched alkanes of at least 4 members (excludes halogenated alkanes) is 3. The van der Waals surface area contributed by atoms with Gasteiger partial charge in [-0.1, -0.05) is 12.8 Å². The van der Waals surface area contributed by atoms with Gasteiger partial charge in [0.05, 0.1) is 17.3 Å². The van der Waals surface area contributed by atoms with E-state index < -0.39 is 0 Å². The number of aliphatic imine (C=N–C) groups is 1. The summed E-state index contributed by atoms with van der Waals surface area (Å²) in [6, 6.07) is 0. The molecule has 0 aromatic carbocycles. The van der Waals surface area contributed by atoms with Gasteiger partial charge in [0.2, 0.25) is 0 Å². The van der Waals surface area contributed by atoms with Crippen molar-refractivity contribution in [1.29, 1.82) is 0 Å². The molecule has 142 valence electrons. The first-order valence-corrected chi connectivity index (χ1v) is 9.91. The Morgan fingerprint density at radius 2 is 1.88 bits per heavy atom. The monoisotopic (exact) mass is 368 g/mol. The second-order valence-electron chi connectivity index (χ2n) is 5.89. The van der Waals surface area contributed by atoms with Crippen LogP contribution in [0.3, 0.4) is 0 Å². The summed E-state index contributed by atoms with van der Waals surface area (Å²) < 4.78 is 4.91. The lowest BCUT2D eigenvalue weighted by atomic mass is 10.1. The van der Waals surface area contributed by atoms with Gasteiger partial charge in [-0.3, -0.25) is 9.79 Å². The zero-order valence-electron chi connectivity index (χ0n) is 16.0. The summed E-state index contributed by atoms with van der Waals surface area (Å²) >= 11 is 1.76. The van der Waals surface area contributed by atoms with E-state index in [1.54, 1.807) is 18.4 Å². The van der Waals surface area contributed by atoms with Gasteiger partial charge in [0, 0.05) is 37.9 Å². The molecular weight excluding hydrogens is 336 g/mol. The number of hydrogen-bond donors (Lipinski definition) is 2. The van der Waals surface area contributed by atoms with Crippen molar-refractivity contribution in [1.82, 2.24) is 15.6 Å². The number of thiazole rings is 1. The predicted octanol–water partition coefficient (Wildman–Crippen LogP) is 2.98. The Bertz CT molecular complexity index is 524. The number of guanidine groups is 1. The van der Waals surface area contributed by atoms with Crippen molar-refractivity contribution in [3.05, 3.63) is 15.6 Å². The SMILES string of the molecule is CCOC(=O)CCCCCCNC(=NC)NCCc1nc(C)c(C)s1. The quantitative estimate of drug-likeness (QED) is 0.272. The van der Waals surface area contributed by atoms with E-state index in [2.05, 4.69) is 34.5 Å². The van der Waals surface area contributed by atoms with E-state index in [4.69, 9.17) is 4.74 Å². The van der Waals surface area contributed by atoms with E-state index in [-0.39, 0.29) is 5.97 Å². The molecule has 25 heavy (non-hydrogen) atoms. The highest BCUT2D eigenvalue weighted by molar-refractivity contribution is 7.11. The number of nitrogens with one attached hydrogen (secondary N) is 2. The summed E-state index contributed by atoms with van der Waals surface area (Å²) in [4.78, 5) is 21.3. The van der Waals surface area contributed by atoms with E-state index in [0.717, 1.165) is 56.8 Å². The van der Waals surface area contributed by atoms with Crippen LogP contribution in [-0.4, -0.2) is 43.7 Å². The Balaban J connectivity index is 2.05. The molecule has 1 heterocycles. The molecule has 0 amide bonds. The van der Waals surface area contributed by atoms with E-state index in [0.29, 0.717) is 13.0 Å². The number of esters is 1. The molecule has 0 spiro atoms. The molecule has 0 radical (unpaired) electrons. The van der Waals surface area contributed by atoms with Crippen molar-refractivity contribution in [2.75, 3.05) is 26.7 Å². The normalized spacial score (nSPS) is 11.4. The maximum Gasteiger partial charge on any atom is 0.305 e. The number of carbonyl (C=O) groups is 1. The first kappa shape index (κ1) is 21.4. The van der Waals surface area contributed by atoms with Crippen molar-refractivity contribution in [2.45, 2.75) is 59.3 Å². The molecule has 0 fully saturated rings. The van der Waals surface area contributed by atoms with Crippen molar-refractivity contribution >= 4 is 23.3 Å². The summed E-state index contributed by atoms with van der Waals surface area (Å²) in [5.41, 5.74) is 1.13. The average molecular weight is 369 g/mol. The molecule has 6 nitrogen and oxygen atoms in total. The van der Waals surface area contributed by atoms with Crippen LogP contribution in [-0.2, 0) is 16.0 Å². The Labute approximate surface area is 155 Å². The third-order valence-electron chi connectivity index (χ3n) is 3.83. The fourth-order valence-electron chi connectivity index (χ4n) is 2.34. The van der Waals surface area contributed by atoms with Crippen LogP contribution in [0.4, 0.5) is 0 Å². The van der Waals surface area contributed by atoms with E-state index >= 15 is 0 Å². The highest BCUT2D eigenvalue weighted by Crippen LogP contribution is 2.16. The summed E-state index contributed by atoms with van der Waals surface area (Å²) in [6.07, 6.45) is 5.55. The lowest BCUT2D eigenvalue weighted by Crippen LogP contribution is -2.38. The summed E-state index contributed by atoms with van der Waals surface area (Å²) in [5, 5.41) is 7.81. The molecule has 0 saturated heterocycles. The van der Waals surface area contributed by atoms with Gasteiger partial charge in [0.15, 0.2) is 5.96 Å². The molecule has 0 aliphatic heterocycles. The number of nitrogens with zero attached hydrogens (tertiary/aromatic N) is 2. The Kier molecular flexibility index (Phi) is 10.9. The summed E-state index contributed by atoms with van der Waals surface area (Å²) in [7, 11) is 1.78. The van der Waals surface area contributed by atoms with Crippen LogP contribution in [0.1, 0.15) is 54.6 Å². The van der Waals surface area contributed by atoms with Crippen molar-refractivity contribution in [3.63, 3.8) is 0 Å².